The molecule has 106 valence electrons. The molecule has 0 saturated carbocycles. The van der Waals surface area contributed by atoms with Gasteiger partial charge in [0.05, 0.1) is 14.4 Å². The van der Waals surface area contributed by atoms with Crippen molar-refractivity contribution in [3.63, 3.8) is 0 Å². The first-order valence-corrected chi connectivity index (χ1v) is 7.94. The summed E-state index contributed by atoms with van der Waals surface area (Å²) in [4.78, 5) is -0.0565. The zero-order valence-electron chi connectivity index (χ0n) is 9.81. The molecule has 0 aliphatic rings. The number of halogens is 3. The molecule has 0 unspecified atom stereocenters. The Morgan fingerprint density at radius 3 is 2.45 bits per heavy atom. The second-order valence-electron chi connectivity index (χ2n) is 3.82. The van der Waals surface area contributed by atoms with Gasteiger partial charge in [0.1, 0.15) is 17.3 Å². The van der Waals surface area contributed by atoms with Crippen molar-refractivity contribution in [3.05, 3.63) is 51.7 Å². The van der Waals surface area contributed by atoms with E-state index < -0.39 is 15.8 Å². The normalized spacial score (nSPS) is 11.4. The Hall–Kier alpha value is -1.15. The molecule has 0 atom stereocenters. The predicted molar refractivity (Wildman–Crippen MR) is 77.0 cm³/mol. The molecule has 0 fully saturated rings. The highest BCUT2D eigenvalue weighted by Crippen LogP contribution is 2.32. The van der Waals surface area contributed by atoms with Crippen LogP contribution in [-0.4, -0.2) is 8.42 Å². The van der Waals surface area contributed by atoms with Crippen molar-refractivity contribution in [1.82, 2.24) is 0 Å². The molecule has 0 amide bonds. The quantitative estimate of drug-likeness (QED) is 0.883. The van der Waals surface area contributed by atoms with Gasteiger partial charge in [0, 0.05) is 6.07 Å². The molecule has 0 aromatic heterocycles. The van der Waals surface area contributed by atoms with E-state index in [2.05, 4.69) is 15.9 Å². The van der Waals surface area contributed by atoms with Crippen LogP contribution >= 0.6 is 27.5 Å². The molecule has 0 radical (unpaired) electrons. The van der Waals surface area contributed by atoms with Crippen LogP contribution in [0.1, 0.15) is 0 Å². The Kier molecular flexibility index (Phi) is 4.33. The van der Waals surface area contributed by atoms with Crippen molar-refractivity contribution in [1.29, 1.82) is 0 Å². The summed E-state index contributed by atoms with van der Waals surface area (Å²) < 4.78 is 41.5. The highest BCUT2D eigenvalue weighted by Gasteiger charge is 2.12. The van der Waals surface area contributed by atoms with Gasteiger partial charge in [-0.15, -0.1) is 0 Å². The molecule has 2 aromatic rings. The van der Waals surface area contributed by atoms with Gasteiger partial charge in [-0.25, -0.2) is 17.9 Å². The minimum atomic E-state index is -3.79. The van der Waals surface area contributed by atoms with Gasteiger partial charge < -0.3 is 4.74 Å². The van der Waals surface area contributed by atoms with E-state index >= 15 is 0 Å². The molecule has 0 heterocycles. The summed E-state index contributed by atoms with van der Waals surface area (Å²) >= 11 is 8.73. The van der Waals surface area contributed by atoms with Gasteiger partial charge >= 0.3 is 0 Å². The fraction of sp³-hybridized carbons (Fsp3) is 0. The van der Waals surface area contributed by atoms with Crippen LogP contribution in [-0.2, 0) is 10.0 Å². The van der Waals surface area contributed by atoms with Crippen LogP contribution in [0.25, 0.3) is 0 Å². The SMILES string of the molecule is NS(=O)(=O)c1ccc(Oc2ccc(Cl)c(F)c2)c(Br)c1. The van der Waals surface area contributed by atoms with Crippen LogP contribution in [0.4, 0.5) is 4.39 Å². The smallest absolute Gasteiger partial charge is 0.238 e. The topological polar surface area (TPSA) is 69.4 Å². The summed E-state index contributed by atoms with van der Waals surface area (Å²) in [6, 6.07) is 7.99. The number of sulfonamides is 1. The molecule has 20 heavy (non-hydrogen) atoms. The molecule has 2 N–H and O–H groups in total. The number of rotatable bonds is 3. The standard InChI is InChI=1S/C12H8BrClFNO3S/c13-9-6-8(20(16,17)18)2-4-12(9)19-7-1-3-10(14)11(15)5-7/h1-6H,(H2,16,17,18). The number of nitrogens with two attached hydrogens (primary N) is 1. The van der Waals surface area contributed by atoms with Crippen molar-refractivity contribution in [2.24, 2.45) is 5.14 Å². The highest BCUT2D eigenvalue weighted by molar-refractivity contribution is 9.10. The maximum atomic E-state index is 13.3. The van der Waals surface area contributed by atoms with Gasteiger partial charge in [-0.1, -0.05) is 11.6 Å². The van der Waals surface area contributed by atoms with E-state index in [9.17, 15) is 12.8 Å². The Balaban J connectivity index is 2.32. The molecular formula is C12H8BrClFNO3S. The van der Waals surface area contributed by atoms with E-state index in [1.165, 1.54) is 30.3 Å². The Bertz CT molecular complexity index is 767. The zero-order valence-corrected chi connectivity index (χ0v) is 13.0. The average molecular weight is 381 g/mol. The molecular weight excluding hydrogens is 373 g/mol. The molecule has 0 saturated heterocycles. The summed E-state index contributed by atoms with van der Waals surface area (Å²) in [6.07, 6.45) is 0. The van der Waals surface area contributed by atoms with Gasteiger partial charge in [0.25, 0.3) is 0 Å². The maximum absolute atomic E-state index is 13.3. The van der Waals surface area contributed by atoms with Crippen LogP contribution in [0.15, 0.2) is 45.8 Å². The fourth-order valence-electron chi connectivity index (χ4n) is 1.41. The second-order valence-corrected chi connectivity index (χ2v) is 6.64. The van der Waals surface area contributed by atoms with E-state index in [0.717, 1.165) is 6.07 Å². The van der Waals surface area contributed by atoms with Crippen molar-refractivity contribution in [2.45, 2.75) is 4.90 Å². The number of hydrogen-bond donors (Lipinski definition) is 1. The lowest BCUT2D eigenvalue weighted by Crippen LogP contribution is -2.11. The first kappa shape index (κ1) is 15.2. The summed E-state index contributed by atoms with van der Waals surface area (Å²) in [6.45, 7) is 0. The molecule has 0 spiro atoms. The lowest BCUT2D eigenvalue weighted by atomic mass is 10.3. The third-order valence-corrected chi connectivity index (χ3v) is 4.19. The fourth-order valence-corrected chi connectivity index (χ4v) is 2.68. The zero-order chi connectivity index (χ0) is 14.9. The number of ether oxygens (including phenoxy) is 1. The van der Waals surface area contributed by atoms with E-state index in [-0.39, 0.29) is 15.7 Å². The minimum Gasteiger partial charge on any atom is -0.456 e. The Labute approximate surface area is 128 Å². The first-order chi connectivity index (χ1) is 9.27. The lowest BCUT2D eigenvalue weighted by molar-refractivity contribution is 0.473. The third-order valence-electron chi connectivity index (χ3n) is 2.35. The molecule has 0 bridgehead atoms. The van der Waals surface area contributed by atoms with E-state index in [0.29, 0.717) is 10.2 Å². The van der Waals surface area contributed by atoms with Crippen molar-refractivity contribution < 1.29 is 17.5 Å². The minimum absolute atomic E-state index is 0.0130. The maximum Gasteiger partial charge on any atom is 0.238 e. The van der Waals surface area contributed by atoms with Gasteiger partial charge in [-0.05, 0) is 46.3 Å². The van der Waals surface area contributed by atoms with E-state index in [4.69, 9.17) is 21.5 Å². The van der Waals surface area contributed by atoms with Crippen molar-refractivity contribution >= 4 is 37.6 Å². The summed E-state index contributed by atoms with van der Waals surface area (Å²) in [5.41, 5.74) is 0. The van der Waals surface area contributed by atoms with Crippen LogP contribution in [0.3, 0.4) is 0 Å². The molecule has 0 aliphatic heterocycles. The van der Waals surface area contributed by atoms with Crippen LogP contribution in [0.5, 0.6) is 11.5 Å². The molecule has 8 heteroatoms. The summed E-state index contributed by atoms with van der Waals surface area (Å²) in [7, 11) is -3.79. The van der Waals surface area contributed by atoms with Crippen molar-refractivity contribution in [3.8, 4) is 11.5 Å². The molecule has 2 aromatic carbocycles. The number of benzene rings is 2. The summed E-state index contributed by atoms with van der Waals surface area (Å²) in [5, 5.41) is 5.00. The predicted octanol–water partition coefficient (Wildman–Crippen LogP) is 3.68. The first-order valence-electron chi connectivity index (χ1n) is 5.22. The van der Waals surface area contributed by atoms with Gasteiger partial charge in [0.2, 0.25) is 10.0 Å². The van der Waals surface area contributed by atoms with Gasteiger partial charge in [-0.2, -0.15) is 0 Å². The summed E-state index contributed by atoms with van der Waals surface area (Å²) in [5.74, 6) is -0.0588. The monoisotopic (exact) mass is 379 g/mol. The second kappa shape index (κ2) is 5.69. The van der Waals surface area contributed by atoms with E-state index in [1.807, 2.05) is 0 Å². The van der Waals surface area contributed by atoms with Crippen molar-refractivity contribution in [2.75, 3.05) is 0 Å². The van der Waals surface area contributed by atoms with Crippen LogP contribution in [0, 0.1) is 5.82 Å². The average Bonchev–Trinajstić information content (AvgIpc) is 2.35. The molecule has 2 rings (SSSR count). The van der Waals surface area contributed by atoms with Gasteiger partial charge in [-0.3, -0.25) is 0 Å². The lowest BCUT2D eigenvalue weighted by Gasteiger charge is -2.09. The number of primary sulfonamides is 1. The van der Waals surface area contributed by atoms with Crippen LogP contribution in [0.2, 0.25) is 5.02 Å². The molecule has 4 nitrogen and oxygen atoms in total. The molecule has 0 aliphatic carbocycles. The van der Waals surface area contributed by atoms with Crippen LogP contribution < -0.4 is 9.88 Å². The largest absolute Gasteiger partial charge is 0.456 e. The third kappa shape index (κ3) is 3.49. The highest BCUT2D eigenvalue weighted by atomic mass is 79.9. The Morgan fingerprint density at radius 1 is 1.20 bits per heavy atom. The number of hydrogen-bond acceptors (Lipinski definition) is 3. The van der Waals surface area contributed by atoms with E-state index in [1.54, 1.807) is 0 Å². The van der Waals surface area contributed by atoms with Gasteiger partial charge in [0.15, 0.2) is 0 Å². The Morgan fingerprint density at radius 2 is 1.90 bits per heavy atom.